The topological polar surface area (TPSA) is 85.6 Å². The van der Waals surface area contributed by atoms with Crippen LogP contribution in [-0.4, -0.2) is 89.1 Å². The Morgan fingerprint density at radius 1 is 1.29 bits per heavy atom. The summed E-state index contributed by atoms with van der Waals surface area (Å²) in [6, 6.07) is -0.455. The predicted octanol–water partition coefficient (Wildman–Crippen LogP) is -0.665. The zero-order valence-electron chi connectivity index (χ0n) is 12.8. The van der Waals surface area contributed by atoms with Crippen LogP contribution in [0.5, 0.6) is 0 Å². The smallest absolute Gasteiger partial charge is 0.222 e. The number of fused-ring (bicyclic) bond motifs is 1. The zero-order chi connectivity index (χ0) is 15.7. The van der Waals surface area contributed by atoms with Gasteiger partial charge in [-0.15, -0.1) is 0 Å². The number of hydrogen-bond acceptors (Lipinski definition) is 7. The highest BCUT2D eigenvalue weighted by atomic mass is 32.2. The molecule has 7 nitrogen and oxygen atoms in total. The summed E-state index contributed by atoms with van der Waals surface area (Å²) >= 11 is 1.44. The molecule has 0 bridgehead atoms. The molecule has 5 atom stereocenters. The van der Waals surface area contributed by atoms with Gasteiger partial charge in [0.2, 0.25) is 5.91 Å². The van der Waals surface area contributed by atoms with Gasteiger partial charge >= 0.3 is 0 Å². The van der Waals surface area contributed by atoms with Crippen molar-refractivity contribution in [2.45, 2.75) is 42.6 Å². The second-order valence-corrected chi connectivity index (χ2v) is 6.83. The third-order valence-electron chi connectivity index (χ3n) is 3.67. The van der Waals surface area contributed by atoms with Crippen LogP contribution in [0.4, 0.5) is 0 Å². The Balaban J connectivity index is 1.98. The number of ether oxygens (including phenoxy) is 1. The molecule has 2 heterocycles. The highest BCUT2D eigenvalue weighted by Gasteiger charge is 2.48. The molecular weight excluding hydrogens is 294 g/mol. The Kier molecular flexibility index (Phi) is 5.13. The van der Waals surface area contributed by atoms with Gasteiger partial charge in [-0.1, -0.05) is 11.8 Å². The molecule has 2 rings (SSSR count). The summed E-state index contributed by atoms with van der Waals surface area (Å²) in [7, 11) is 7.13. The Morgan fingerprint density at radius 2 is 1.95 bits per heavy atom. The lowest BCUT2D eigenvalue weighted by molar-refractivity contribution is -0.157. The minimum atomic E-state index is -1.02. The summed E-state index contributed by atoms with van der Waals surface area (Å²) in [5.74, 6) is -0.0216. The van der Waals surface area contributed by atoms with Crippen LogP contribution in [0.2, 0.25) is 0 Å². The first kappa shape index (κ1) is 16.5. The first-order valence-electron chi connectivity index (χ1n) is 6.94. The molecule has 0 aromatic rings. The Labute approximate surface area is 129 Å². The van der Waals surface area contributed by atoms with Crippen LogP contribution in [0.1, 0.15) is 12.8 Å². The summed E-state index contributed by atoms with van der Waals surface area (Å²) < 4.78 is 5.84. The van der Waals surface area contributed by atoms with E-state index in [1.54, 1.807) is 14.1 Å². The third-order valence-corrected chi connectivity index (χ3v) is 4.98. The average Bonchev–Trinajstić information content (AvgIpc) is 2.85. The van der Waals surface area contributed by atoms with Crippen molar-refractivity contribution < 1.29 is 19.7 Å². The van der Waals surface area contributed by atoms with E-state index in [9.17, 15) is 15.0 Å². The number of amidine groups is 1. The van der Waals surface area contributed by atoms with Gasteiger partial charge in [0, 0.05) is 34.6 Å². The van der Waals surface area contributed by atoms with Crippen molar-refractivity contribution >= 4 is 22.8 Å². The number of aliphatic imine (C=N–C) groups is 1. The minimum absolute atomic E-state index is 0.0216. The van der Waals surface area contributed by atoms with Crippen molar-refractivity contribution in [2.24, 2.45) is 4.99 Å². The monoisotopic (exact) mass is 317 g/mol. The number of aliphatic hydroxyl groups excluding tert-OH is 2. The van der Waals surface area contributed by atoms with E-state index < -0.39 is 24.4 Å². The lowest BCUT2D eigenvalue weighted by atomic mass is 9.95. The van der Waals surface area contributed by atoms with Crippen LogP contribution in [0, 0.1) is 0 Å². The molecule has 0 aromatic heterocycles. The van der Waals surface area contributed by atoms with Crippen molar-refractivity contribution in [3.05, 3.63) is 0 Å². The van der Waals surface area contributed by atoms with Gasteiger partial charge in [0.25, 0.3) is 0 Å². The van der Waals surface area contributed by atoms with Crippen LogP contribution < -0.4 is 0 Å². The van der Waals surface area contributed by atoms with E-state index in [-0.39, 0.29) is 17.8 Å². The van der Waals surface area contributed by atoms with Crippen LogP contribution in [-0.2, 0) is 9.53 Å². The Hall–Kier alpha value is -0.830. The van der Waals surface area contributed by atoms with E-state index in [1.807, 2.05) is 19.0 Å². The number of carbonyl (C=O) groups is 1. The Bertz CT molecular complexity index is 430. The molecule has 2 aliphatic rings. The molecule has 0 radical (unpaired) electrons. The van der Waals surface area contributed by atoms with Gasteiger partial charge in [0.05, 0.1) is 6.10 Å². The van der Waals surface area contributed by atoms with Gasteiger partial charge in [-0.3, -0.25) is 9.79 Å². The van der Waals surface area contributed by atoms with Gasteiger partial charge in [0.15, 0.2) is 5.17 Å². The molecule has 0 aromatic carbocycles. The van der Waals surface area contributed by atoms with Crippen molar-refractivity contribution in [3.8, 4) is 0 Å². The first-order valence-corrected chi connectivity index (χ1v) is 7.82. The third kappa shape index (κ3) is 3.50. The molecule has 0 aliphatic carbocycles. The number of nitrogens with zero attached hydrogens (tertiary/aromatic N) is 3. The van der Waals surface area contributed by atoms with E-state index in [1.165, 1.54) is 16.7 Å². The fourth-order valence-corrected chi connectivity index (χ4v) is 3.52. The fourth-order valence-electron chi connectivity index (χ4n) is 2.36. The van der Waals surface area contributed by atoms with Crippen LogP contribution in [0.25, 0.3) is 0 Å². The van der Waals surface area contributed by atoms with Gasteiger partial charge in [0.1, 0.15) is 23.7 Å². The highest BCUT2D eigenvalue weighted by Crippen LogP contribution is 2.37. The zero-order valence-corrected chi connectivity index (χ0v) is 13.6. The van der Waals surface area contributed by atoms with E-state index in [0.29, 0.717) is 6.42 Å². The molecule has 1 amide bonds. The molecule has 8 heteroatoms. The number of carbonyl (C=O) groups excluding carboxylic acids is 1. The van der Waals surface area contributed by atoms with Crippen LogP contribution in [0.15, 0.2) is 4.99 Å². The molecule has 1 fully saturated rings. The van der Waals surface area contributed by atoms with Crippen LogP contribution >= 0.6 is 11.8 Å². The lowest BCUT2D eigenvalue weighted by Gasteiger charge is -2.38. The van der Waals surface area contributed by atoms with Crippen molar-refractivity contribution in [3.63, 3.8) is 0 Å². The number of hydrogen-bond donors (Lipinski definition) is 2. The van der Waals surface area contributed by atoms with Gasteiger partial charge in [-0.05, 0) is 6.42 Å². The fraction of sp³-hybridized carbons (Fsp3) is 0.846. The molecule has 0 spiro atoms. The van der Waals surface area contributed by atoms with E-state index in [2.05, 4.69) is 4.99 Å². The quantitative estimate of drug-likeness (QED) is 0.718. The maximum atomic E-state index is 11.6. The van der Waals surface area contributed by atoms with E-state index in [0.717, 1.165) is 5.17 Å². The summed E-state index contributed by atoms with van der Waals surface area (Å²) in [5.41, 5.74) is -0.305. The largest absolute Gasteiger partial charge is 0.388 e. The van der Waals surface area contributed by atoms with Gasteiger partial charge in [-0.2, -0.15) is 0 Å². The van der Waals surface area contributed by atoms with Crippen molar-refractivity contribution in [1.82, 2.24) is 9.80 Å². The van der Waals surface area contributed by atoms with Gasteiger partial charge < -0.3 is 24.7 Å². The molecule has 2 N–H and O–H groups in total. The summed E-state index contributed by atoms with van der Waals surface area (Å²) in [6.45, 7) is 0. The normalized spacial score (nSPS) is 35.1. The van der Waals surface area contributed by atoms with Crippen molar-refractivity contribution in [1.29, 1.82) is 0 Å². The lowest BCUT2D eigenvalue weighted by Crippen LogP contribution is -2.54. The summed E-state index contributed by atoms with van der Waals surface area (Å²) in [6.07, 6.45) is -1.86. The molecule has 0 saturated carbocycles. The first-order chi connectivity index (χ1) is 9.81. The molecule has 120 valence electrons. The van der Waals surface area contributed by atoms with Crippen LogP contribution in [0.3, 0.4) is 0 Å². The maximum absolute atomic E-state index is 11.6. The molecule has 1 saturated heterocycles. The number of aliphatic hydroxyl groups is 2. The SMILES string of the molecule is CN(C)C(=O)CC[C@H]1O[C@@H]2SC(N(C)C)=N[C@@H]2[C@@H](O)[C@@H]1O. The van der Waals surface area contributed by atoms with Gasteiger partial charge in [-0.25, -0.2) is 0 Å². The second kappa shape index (κ2) is 6.51. The van der Waals surface area contributed by atoms with E-state index in [4.69, 9.17) is 4.74 Å². The molecule has 21 heavy (non-hydrogen) atoms. The van der Waals surface area contributed by atoms with E-state index >= 15 is 0 Å². The second-order valence-electron chi connectivity index (χ2n) is 5.77. The summed E-state index contributed by atoms with van der Waals surface area (Å²) in [4.78, 5) is 19.4. The highest BCUT2D eigenvalue weighted by molar-refractivity contribution is 8.14. The summed E-state index contributed by atoms with van der Waals surface area (Å²) in [5, 5.41) is 21.2. The molecule has 2 aliphatic heterocycles. The average molecular weight is 317 g/mol. The number of amides is 1. The Morgan fingerprint density at radius 3 is 2.52 bits per heavy atom. The minimum Gasteiger partial charge on any atom is -0.388 e. The molecule has 0 unspecified atom stereocenters. The molecular formula is C13H23N3O4S. The van der Waals surface area contributed by atoms with Crippen molar-refractivity contribution in [2.75, 3.05) is 28.2 Å². The number of thioether (sulfide) groups is 1. The number of rotatable bonds is 3. The predicted molar refractivity (Wildman–Crippen MR) is 81.1 cm³/mol. The standard InChI is InChI=1S/C13H23N3O4S/c1-15(2)8(17)6-5-7-10(18)11(19)9-12(20-7)21-13(14-9)16(3)4/h7,9-12,18-19H,5-6H2,1-4H3/t7-,9-,10-,11-,12-/m1/s1. The maximum Gasteiger partial charge on any atom is 0.222 e.